The maximum absolute atomic E-state index is 10.7. The maximum atomic E-state index is 10.7. The molecule has 2 aromatic carbocycles. The third-order valence-electron chi connectivity index (χ3n) is 3.25. The Hall–Kier alpha value is -2.87. The van der Waals surface area contributed by atoms with Crippen LogP contribution in [-0.2, 0) is 0 Å². The second-order valence-electron chi connectivity index (χ2n) is 4.88. The number of nitro groups is 1. The van der Waals surface area contributed by atoms with Crippen molar-refractivity contribution >= 4 is 11.4 Å². The van der Waals surface area contributed by atoms with Gasteiger partial charge in [-0.1, -0.05) is 29.8 Å². The zero-order valence-corrected chi connectivity index (χ0v) is 11.8. The molecule has 2 aromatic rings. The minimum atomic E-state index is -0.505. The van der Waals surface area contributed by atoms with E-state index in [1.165, 1.54) is 12.1 Å². The summed E-state index contributed by atoms with van der Waals surface area (Å²) in [6.45, 7) is 4.00. The van der Waals surface area contributed by atoms with E-state index in [0.717, 1.165) is 11.1 Å². The van der Waals surface area contributed by atoms with Crippen molar-refractivity contribution in [1.82, 2.24) is 0 Å². The first-order valence-corrected chi connectivity index (χ1v) is 6.53. The van der Waals surface area contributed by atoms with Gasteiger partial charge in [-0.2, -0.15) is 5.26 Å². The largest absolute Gasteiger partial charge is 0.377 e. The summed E-state index contributed by atoms with van der Waals surface area (Å²) in [6, 6.07) is 14.3. The summed E-state index contributed by atoms with van der Waals surface area (Å²) in [5.41, 5.74) is 3.03. The van der Waals surface area contributed by atoms with E-state index in [9.17, 15) is 10.1 Å². The van der Waals surface area contributed by atoms with Crippen molar-refractivity contribution in [2.75, 3.05) is 5.32 Å². The lowest BCUT2D eigenvalue weighted by molar-refractivity contribution is -0.384. The van der Waals surface area contributed by atoms with Gasteiger partial charge in [-0.15, -0.1) is 0 Å². The second-order valence-corrected chi connectivity index (χ2v) is 4.88. The number of anilines is 1. The zero-order valence-electron chi connectivity index (χ0n) is 11.8. The Morgan fingerprint density at radius 2 is 2.05 bits per heavy atom. The van der Waals surface area contributed by atoms with Crippen LogP contribution in [0.5, 0.6) is 0 Å². The molecule has 5 heteroatoms. The number of benzene rings is 2. The van der Waals surface area contributed by atoms with E-state index >= 15 is 0 Å². The number of nitrogens with one attached hydrogen (secondary N) is 1. The number of non-ortho nitro benzene ring substituents is 1. The molecule has 106 valence electrons. The summed E-state index contributed by atoms with van der Waals surface area (Å²) in [5, 5.41) is 23.1. The van der Waals surface area contributed by atoms with Crippen molar-refractivity contribution in [1.29, 1.82) is 5.26 Å². The van der Waals surface area contributed by atoms with E-state index in [0.29, 0.717) is 5.69 Å². The molecular weight excluding hydrogens is 266 g/mol. The van der Waals surface area contributed by atoms with Gasteiger partial charge in [0.2, 0.25) is 0 Å². The average molecular weight is 281 g/mol. The van der Waals surface area contributed by atoms with Gasteiger partial charge in [0.05, 0.1) is 16.2 Å². The highest BCUT2D eigenvalue weighted by Gasteiger charge is 2.13. The summed E-state index contributed by atoms with van der Waals surface area (Å²) in [7, 11) is 0. The van der Waals surface area contributed by atoms with Gasteiger partial charge in [0.25, 0.3) is 5.69 Å². The van der Waals surface area contributed by atoms with Crippen LogP contribution >= 0.6 is 0 Å². The lowest BCUT2D eigenvalue weighted by Gasteiger charge is -2.17. The van der Waals surface area contributed by atoms with Gasteiger partial charge in [0, 0.05) is 18.2 Å². The van der Waals surface area contributed by atoms with Gasteiger partial charge < -0.3 is 5.32 Å². The predicted octanol–water partition coefficient (Wildman–Crippen LogP) is 3.95. The number of aryl methyl sites for hydroxylation is 1. The van der Waals surface area contributed by atoms with Crippen molar-refractivity contribution in [3.8, 4) is 6.07 Å². The third-order valence-corrected chi connectivity index (χ3v) is 3.25. The molecule has 2 rings (SSSR count). The van der Waals surface area contributed by atoms with Crippen LogP contribution in [0.3, 0.4) is 0 Å². The lowest BCUT2D eigenvalue weighted by atomic mass is 10.0. The zero-order chi connectivity index (χ0) is 15.4. The minimum Gasteiger partial charge on any atom is -0.377 e. The highest BCUT2D eigenvalue weighted by atomic mass is 16.6. The van der Waals surface area contributed by atoms with Gasteiger partial charge in [-0.05, 0) is 25.5 Å². The van der Waals surface area contributed by atoms with Gasteiger partial charge in [-0.25, -0.2) is 0 Å². The van der Waals surface area contributed by atoms with E-state index in [1.54, 1.807) is 6.07 Å². The molecule has 0 aliphatic rings. The molecule has 0 aliphatic heterocycles. The molecule has 0 saturated heterocycles. The fourth-order valence-corrected chi connectivity index (χ4v) is 2.12. The van der Waals surface area contributed by atoms with Crippen molar-refractivity contribution in [2.24, 2.45) is 0 Å². The van der Waals surface area contributed by atoms with E-state index in [4.69, 9.17) is 5.26 Å². The number of nitro benzene ring substituents is 1. The normalized spacial score (nSPS) is 11.5. The van der Waals surface area contributed by atoms with Crippen LogP contribution in [0.1, 0.15) is 29.7 Å². The Morgan fingerprint density at radius 3 is 2.67 bits per heavy atom. The van der Waals surface area contributed by atoms with Crippen LogP contribution in [0.4, 0.5) is 11.4 Å². The topological polar surface area (TPSA) is 79.0 Å². The fourth-order valence-electron chi connectivity index (χ4n) is 2.12. The van der Waals surface area contributed by atoms with Gasteiger partial charge in [0.1, 0.15) is 6.07 Å². The van der Waals surface area contributed by atoms with E-state index in [1.807, 2.05) is 38.1 Å². The molecule has 0 fully saturated rings. The van der Waals surface area contributed by atoms with E-state index in [2.05, 4.69) is 11.4 Å². The Kier molecular flexibility index (Phi) is 4.19. The number of nitriles is 1. The predicted molar refractivity (Wildman–Crippen MR) is 81.0 cm³/mol. The second kappa shape index (κ2) is 6.06. The molecule has 5 nitrogen and oxygen atoms in total. The monoisotopic (exact) mass is 281 g/mol. The Morgan fingerprint density at radius 1 is 1.29 bits per heavy atom. The number of hydrogen-bond donors (Lipinski definition) is 1. The SMILES string of the molecule is Cc1cccc(C(C)Nc2ccc([N+](=O)[O-])cc2C#N)c1. The van der Waals surface area contributed by atoms with Gasteiger partial charge >= 0.3 is 0 Å². The summed E-state index contributed by atoms with van der Waals surface area (Å²) in [5.74, 6) is 0. The molecule has 0 heterocycles. The van der Waals surface area contributed by atoms with E-state index < -0.39 is 4.92 Å². The molecule has 0 amide bonds. The highest BCUT2D eigenvalue weighted by Crippen LogP contribution is 2.25. The Bertz CT molecular complexity index is 720. The Labute approximate surface area is 123 Å². The Balaban J connectivity index is 2.27. The van der Waals surface area contributed by atoms with Crippen LogP contribution in [0, 0.1) is 28.4 Å². The van der Waals surface area contributed by atoms with Crippen LogP contribution < -0.4 is 5.32 Å². The average Bonchev–Trinajstić information content (AvgIpc) is 2.47. The lowest BCUT2D eigenvalue weighted by Crippen LogP contribution is -2.08. The first kappa shape index (κ1) is 14.5. The minimum absolute atomic E-state index is 0.00143. The van der Waals surface area contributed by atoms with Gasteiger partial charge in [0.15, 0.2) is 0 Å². The van der Waals surface area contributed by atoms with Crippen LogP contribution in [0.15, 0.2) is 42.5 Å². The standard InChI is InChI=1S/C16H15N3O2/c1-11-4-3-5-13(8-11)12(2)18-16-7-6-15(19(20)21)9-14(16)10-17/h3-9,12,18H,1-2H3. The molecule has 0 saturated carbocycles. The molecule has 1 unspecified atom stereocenters. The smallest absolute Gasteiger partial charge is 0.270 e. The molecule has 0 spiro atoms. The molecule has 0 bridgehead atoms. The van der Waals surface area contributed by atoms with Crippen LogP contribution in [0.25, 0.3) is 0 Å². The van der Waals surface area contributed by atoms with Crippen molar-refractivity contribution in [2.45, 2.75) is 19.9 Å². The number of hydrogen-bond acceptors (Lipinski definition) is 4. The first-order chi connectivity index (χ1) is 10.0. The number of nitrogens with zero attached hydrogens (tertiary/aromatic N) is 2. The fraction of sp³-hybridized carbons (Fsp3) is 0.188. The van der Waals surface area contributed by atoms with Crippen molar-refractivity contribution in [3.63, 3.8) is 0 Å². The molecule has 0 radical (unpaired) electrons. The van der Waals surface area contributed by atoms with Crippen LogP contribution in [-0.4, -0.2) is 4.92 Å². The molecule has 0 aromatic heterocycles. The molecule has 1 atom stereocenters. The summed E-state index contributed by atoms with van der Waals surface area (Å²) >= 11 is 0. The molecule has 1 N–H and O–H groups in total. The maximum Gasteiger partial charge on any atom is 0.270 e. The molecular formula is C16H15N3O2. The first-order valence-electron chi connectivity index (χ1n) is 6.53. The van der Waals surface area contributed by atoms with Gasteiger partial charge in [-0.3, -0.25) is 10.1 Å². The summed E-state index contributed by atoms with van der Waals surface area (Å²) in [6.07, 6.45) is 0. The summed E-state index contributed by atoms with van der Waals surface area (Å²) < 4.78 is 0. The van der Waals surface area contributed by atoms with E-state index in [-0.39, 0.29) is 17.3 Å². The quantitative estimate of drug-likeness (QED) is 0.679. The van der Waals surface area contributed by atoms with Crippen molar-refractivity contribution in [3.05, 3.63) is 69.3 Å². The van der Waals surface area contributed by atoms with Crippen molar-refractivity contribution < 1.29 is 4.92 Å². The third kappa shape index (κ3) is 3.37. The molecule has 21 heavy (non-hydrogen) atoms. The van der Waals surface area contributed by atoms with Crippen LogP contribution in [0.2, 0.25) is 0 Å². The number of rotatable bonds is 4. The molecule has 0 aliphatic carbocycles. The summed E-state index contributed by atoms with van der Waals surface area (Å²) in [4.78, 5) is 10.2. The highest BCUT2D eigenvalue weighted by molar-refractivity contribution is 5.62.